The van der Waals surface area contributed by atoms with Gasteiger partial charge in [0.05, 0.1) is 28.8 Å². The summed E-state index contributed by atoms with van der Waals surface area (Å²) in [6.07, 6.45) is 0. The molecule has 5 nitrogen and oxygen atoms in total. The molecule has 2 aromatic rings. The molecule has 0 spiro atoms. The third kappa shape index (κ3) is 3.32. The zero-order valence-corrected chi connectivity index (χ0v) is 15.7. The molecule has 0 unspecified atom stereocenters. The highest BCUT2D eigenvalue weighted by molar-refractivity contribution is 9.10. The number of carbonyl (C=O) groups is 1. The van der Waals surface area contributed by atoms with Crippen LogP contribution in [0.2, 0.25) is 5.02 Å². The molecule has 3 rings (SSSR count). The number of nitriles is 1. The molecule has 0 amide bonds. The SMILES string of the molecule is N#CC1=C(N)NC(c2ccc(Cl)cc2)=C(C(=O)O)[C@H]1c1cccc(Br)c1. The fourth-order valence-corrected chi connectivity index (χ4v) is 3.48. The number of nitrogens with two attached hydrogens (primary N) is 1. The highest BCUT2D eigenvalue weighted by Crippen LogP contribution is 2.40. The van der Waals surface area contributed by atoms with Crippen molar-refractivity contribution in [1.29, 1.82) is 5.26 Å². The van der Waals surface area contributed by atoms with E-state index in [-0.39, 0.29) is 17.0 Å². The lowest BCUT2D eigenvalue weighted by molar-refractivity contribution is -0.132. The molecule has 4 N–H and O–H groups in total. The van der Waals surface area contributed by atoms with E-state index < -0.39 is 11.9 Å². The first-order valence-electron chi connectivity index (χ1n) is 7.58. The van der Waals surface area contributed by atoms with E-state index in [0.29, 0.717) is 21.8 Å². The van der Waals surface area contributed by atoms with Crippen LogP contribution in [0.4, 0.5) is 0 Å². The molecular formula is C19H13BrClN3O2. The molecule has 1 aliphatic heterocycles. The van der Waals surface area contributed by atoms with Gasteiger partial charge in [0.2, 0.25) is 0 Å². The number of dihydropyridines is 1. The molecule has 0 aromatic heterocycles. The van der Waals surface area contributed by atoms with Gasteiger partial charge < -0.3 is 16.2 Å². The molecule has 7 heteroatoms. The van der Waals surface area contributed by atoms with Gasteiger partial charge in [-0.3, -0.25) is 0 Å². The Bertz CT molecular complexity index is 991. The molecule has 26 heavy (non-hydrogen) atoms. The van der Waals surface area contributed by atoms with Crippen LogP contribution >= 0.6 is 27.5 Å². The molecule has 2 aromatic carbocycles. The Morgan fingerprint density at radius 3 is 2.54 bits per heavy atom. The van der Waals surface area contributed by atoms with Crippen molar-refractivity contribution in [1.82, 2.24) is 5.32 Å². The van der Waals surface area contributed by atoms with E-state index >= 15 is 0 Å². The number of carboxylic acids is 1. The topological polar surface area (TPSA) is 99.1 Å². The number of rotatable bonds is 3. The first-order chi connectivity index (χ1) is 12.4. The van der Waals surface area contributed by atoms with Crippen LogP contribution in [0.1, 0.15) is 17.0 Å². The monoisotopic (exact) mass is 429 g/mol. The van der Waals surface area contributed by atoms with Crippen molar-refractivity contribution in [3.05, 3.63) is 86.1 Å². The summed E-state index contributed by atoms with van der Waals surface area (Å²) in [6, 6.07) is 16.0. The molecule has 0 aliphatic carbocycles. The number of hydrogen-bond acceptors (Lipinski definition) is 4. The van der Waals surface area contributed by atoms with Crippen molar-refractivity contribution < 1.29 is 9.90 Å². The van der Waals surface area contributed by atoms with Gasteiger partial charge in [-0.05, 0) is 35.4 Å². The van der Waals surface area contributed by atoms with Gasteiger partial charge in [-0.2, -0.15) is 5.26 Å². The maximum atomic E-state index is 12.1. The van der Waals surface area contributed by atoms with Gasteiger partial charge in [0, 0.05) is 9.50 Å². The molecule has 130 valence electrons. The van der Waals surface area contributed by atoms with Gasteiger partial charge in [0.25, 0.3) is 0 Å². The quantitative estimate of drug-likeness (QED) is 0.684. The molecule has 1 aliphatic rings. The third-order valence-electron chi connectivity index (χ3n) is 4.06. The first-order valence-corrected chi connectivity index (χ1v) is 8.75. The van der Waals surface area contributed by atoms with E-state index in [1.54, 1.807) is 42.5 Å². The Morgan fingerprint density at radius 1 is 1.27 bits per heavy atom. The average Bonchev–Trinajstić information content (AvgIpc) is 2.61. The number of nitrogens with zero attached hydrogens (tertiary/aromatic N) is 1. The molecule has 0 bridgehead atoms. The third-order valence-corrected chi connectivity index (χ3v) is 4.81. The molecule has 1 heterocycles. The minimum Gasteiger partial charge on any atom is -0.478 e. The largest absolute Gasteiger partial charge is 0.478 e. The van der Waals surface area contributed by atoms with E-state index in [1.807, 2.05) is 12.1 Å². The van der Waals surface area contributed by atoms with E-state index in [0.717, 1.165) is 4.47 Å². The van der Waals surface area contributed by atoms with Crippen molar-refractivity contribution in [2.45, 2.75) is 5.92 Å². The molecule has 0 radical (unpaired) electrons. The number of allylic oxidation sites excluding steroid dienone is 1. The molecule has 0 fully saturated rings. The van der Waals surface area contributed by atoms with E-state index in [2.05, 4.69) is 21.2 Å². The van der Waals surface area contributed by atoms with E-state index in [4.69, 9.17) is 17.3 Å². The first kappa shape index (κ1) is 18.1. The van der Waals surface area contributed by atoms with Gasteiger partial charge in [-0.25, -0.2) is 4.79 Å². The Kier molecular flexibility index (Phi) is 5.03. The summed E-state index contributed by atoms with van der Waals surface area (Å²) >= 11 is 9.32. The maximum Gasteiger partial charge on any atom is 0.334 e. The number of halogens is 2. The Balaban J connectivity index is 2.28. The predicted octanol–water partition coefficient (Wildman–Crippen LogP) is 3.98. The predicted molar refractivity (Wildman–Crippen MR) is 103 cm³/mol. The van der Waals surface area contributed by atoms with Crippen LogP contribution in [0.5, 0.6) is 0 Å². The minimum absolute atomic E-state index is 0.0520. The second-order valence-electron chi connectivity index (χ2n) is 5.65. The van der Waals surface area contributed by atoms with Crippen molar-refractivity contribution >= 4 is 39.2 Å². The summed E-state index contributed by atoms with van der Waals surface area (Å²) < 4.78 is 0.780. The number of benzene rings is 2. The molecular weight excluding hydrogens is 418 g/mol. The van der Waals surface area contributed by atoms with Gasteiger partial charge in [-0.15, -0.1) is 0 Å². The lowest BCUT2D eigenvalue weighted by atomic mass is 9.80. The summed E-state index contributed by atoms with van der Waals surface area (Å²) in [5, 5.41) is 22.9. The van der Waals surface area contributed by atoms with Crippen molar-refractivity contribution in [3.8, 4) is 6.07 Å². The van der Waals surface area contributed by atoms with Gasteiger partial charge in [0.1, 0.15) is 5.82 Å². The molecule has 1 atom stereocenters. The highest BCUT2D eigenvalue weighted by atomic mass is 79.9. The van der Waals surface area contributed by atoms with Crippen LogP contribution < -0.4 is 11.1 Å². The second-order valence-corrected chi connectivity index (χ2v) is 7.01. The zero-order valence-electron chi connectivity index (χ0n) is 13.3. The van der Waals surface area contributed by atoms with Gasteiger partial charge in [0.15, 0.2) is 0 Å². The van der Waals surface area contributed by atoms with Crippen LogP contribution in [0.15, 0.2) is 70.0 Å². The summed E-state index contributed by atoms with van der Waals surface area (Å²) in [6.45, 7) is 0. The number of aliphatic carboxylic acids is 1. The zero-order chi connectivity index (χ0) is 18.8. The lowest BCUT2D eigenvalue weighted by Gasteiger charge is -2.28. The minimum atomic E-state index is -1.13. The summed E-state index contributed by atoms with van der Waals surface area (Å²) in [7, 11) is 0. The van der Waals surface area contributed by atoms with Crippen molar-refractivity contribution in [2.24, 2.45) is 5.73 Å². The van der Waals surface area contributed by atoms with Crippen molar-refractivity contribution in [2.75, 3.05) is 0 Å². The van der Waals surface area contributed by atoms with E-state index in [9.17, 15) is 15.2 Å². The standard InChI is InChI=1S/C19H13BrClN3O2/c20-12-3-1-2-11(8-12)15-14(9-22)18(23)24-17(16(15)19(25)26)10-4-6-13(21)7-5-10/h1-8,15,24H,23H2,(H,25,26)/t15-/m0/s1. The second kappa shape index (κ2) is 7.24. The summed E-state index contributed by atoms with van der Waals surface area (Å²) in [5.41, 5.74) is 7.89. The van der Waals surface area contributed by atoms with Crippen LogP contribution in [-0.2, 0) is 4.79 Å². The van der Waals surface area contributed by atoms with Crippen LogP contribution in [0.25, 0.3) is 5.70 Å². The lowest BCUT2D eigenvalue weighted by Crippen LogP contribution is -2.32. The van der Waals surface area contributed by atoms with Crippen molar-refractivity contribution in [3.63, 3.8) is 0 Å². The molecule has 0 saturated heterocycles. The maximum absolute atomic E-state index is 12.1. The number of carboxylic acid groups (broad SMARTS) is 1. The van der Waals surface area contributed by atoms with Crippen LogP contribution in [0.3, 0.4) is 0 Å². The fourth-order valence-electron chi connectivity index (χ4n) is 2.93. The summed E-state index contributed by atoms with van der Waals surface area (Å²) in [4.78, 5) is 12.1. The summed E-state index contributed by atoms with van der Waals surface area (Å²) in [5.74, 6) is -1.79. The Hall–Kier alpha value is -2.75. The Morgan fingerprint density at radius 2 is 1.96 bits per heavy atom. The molecule has 0 saturated carbocycles. The number of hydrogen-bond donors (Lipinski definition) is 3. The van der Waals surface area contributed by atoms with Gasteiger partial charge >= 0.3 is 5.97 Å². The number of nitrogens with one attached hydrogen (secondary N) is 1. The van der Waals surface area contributed by atoms with Crippen LogP contribution in [-0.4, -0.2) is 11.1 Å². The normalized spacial score (nSPS) is 16.9. The highest BCUT2D eigenvalue weighted by Gasteiger charge is 2.35. The van der Waals surface area contributed by atoms with Gasteiger partial charge in [-0.1, -0.05) is 51.8 Å². The van der Waals surface area contributed by atoms with E-state index in [1.165, 1.54) is 0 Å². The smallest absolute Gasteiger partial charge is 0.334 e. The fraction of sp³-hybridized carbons (Fsp3) is 0.0526. The average molecular weight is 431 g/mol. The Labute approximate surface area is 163 Å². The van der Waals surface area contributed by atoms with Crippen LogP contribution in [0, 0.1) is 11.3 Å².